The fourth-order valence-electron chi connectivity index (χ4n) is 4.49. The van der Waals surface area contributed by atoms with Crippen LogP contribution in [-0.4, -0.2) is 39.2 Å². The number of imide groups is 1. The second kappa shape index (κ2) is 8.72. The molecule has 0 aliphatic carbocycles. The van der Waals surface area contributed by atoms with Gasteiger partial charge in [0.1, 0.15) is 23.2 Å². The Balaban J connectivity index is 1.54. The molecule has 3 aromatic rings. The number of ether oxygens (including phenoxy) is 3. The number of anilines is 2. The Bertz CT molecular complexity index is 1190. The third kappa shape index (κ3) is 3.52. The van der Waals surface area contributed by atoms with Gasteiger partial charge in [0, 0.05) is 0 Å². The van der Waals surface area contributed by atoms with Crippen LogP contribution in [0.1, 0.15) is 11.6 Å². The van der Waals surface area contributed by atoms with Crippen molar-refractivity contribution in [3.63, 3.8) is 0 Å². The number of amides is 2. The van der Waals surface area contributed by atoms with Crippen molar-refractivity contribution in [2.24, 2.45) is 5.92 Å². The van der Waals surface area contributed by atoms with Crippen LogP contribution in [-0.2, 0) is 14.4 Å². The van der Waals surface area contributed by atoms with E-state index in [0.717, 1.165) is 5.56 Å². The quantitative estimate of drug-likeness (QED) is 0.519. The van der Waals surface area contributed by atoms with Gasteiger partial charge in [0.15, 0.2) is 6.10 Å². The number of nitrogens with zero attached hydrogens (tertiary/aromatic N) is 2. The van der Waals surface area contributed by atoms with Gasteiger partial charge in [-0.2, -0.15) is 0 Å². The smallest absolute Gasteiger partial charge is 0.266 e. The Hall–Kier alpha value is -4.04. The lowest BCUT2D eigenvalue weighted by Crippen LogP contribution is -2.37. The highest BCUT2D eigenvalue weighted by atomic mass is 16.7. The minimum absolute atomic E-state index is 0.308. The first-order valence-electron chi connectivity index (χ1n) is 10.8. The summed E-state index contributed by atoms with van der Waals surface area (Å²) in [6.07, 6.45) is -0.941. The molecule has 0 unspecified atom stereocenters. The molecule has 2 amide bonds. The summed E-state index contributed by atoms with van der Waals surface area (Å²) >= 11 is 0. The lowest BCUT2D eigenvalue weighted by Gasteiger charge is -2.29. The van der Waals surface area contributed by atoms with Gasteiger partial charge in [-0.25, -0.2) is 9.96 Å². The Kier molecular flexibility index (Phi) is 5.59. The molecule has 3 aromatic carbocycles. The van der Waals surface area contributed by atoms with Gasteiger partial charge in [-0.3, -0.25) is 14.4 Å². The van der Waals surface area contributed by atoms with Gasteiger partial charge in [-0.1, -0.05) is 12.1 Å². The molecular formula is C26H24N2O6. The van der Waals surface area contributed by atoms with Crippen molar-refractivity contribution >= 4 is 23.2 Å². The second-order valence-electron chi connectivity index (χ2n) is 8.00. The van der Waals surface area contributed by atoms with E-state index in [1.807, 2.05) is 48.5 Å². The number of rotatable bonds is 6. The maximum absolute atomic E-state index is 13.7. The first kappa shape index (κ1) is 21.8. The largest absolute Gasteiger partial charge is 0.497 e. The van der Waals surface area contributed by atoms with Gasteiger partial charge in [0.2, 0.25) is 5.91 Å². The maximum atomic E-state index is 13.7. The van der Waals surface area contributed by atoms with Crippen molar-refractivity contribution in [3.05, 3.63) is 78.4 Å². The minimum atomic E-state index is -0.941. The standard InChI is InChI=1S/C26H24N2O6/c1-31-19-10-4-16(5-11-19)23-22-24(34-28(23)18-8-14-21(33-3)15-9-18)26(30)27(25(22)29)17-6-12-20(32-2)13-7-17/h4-15,22-24H,1-3H3/t22-,23-,24+/m1/s1. The van der Waals surface area contributed by atoms with E-state index in [1.54, 1.807) is 50.7 Å². The van der Waals surface area contributed by atoms with Gasteiger partial charge in [-0.15, -0.1) is 0 Å². The summed E-state index contributed by atoms with van der Waals surface area (Å²) in [4.78, 5) is 34.4. The number of carbonyl (C=O) groups is 2. The summed E-state index contributed by atoms with van der Waals surface area (Å²) in [5.74, 6) is 0.615. The Morgan fingerprint density at radius 2 is 1.12 bits per heavy atom. The van der Waals surface area contributed by atoms with Crippen LogP contribution in [0.25, 0.3) is 0 Å². The molecule has 34 heavy (non-hydrogen) atoms. The van der Waals surface area contributed by atoms with E-state index in [4.69, 9.17) is 19.0 Å². The topological polar surface area (TPSA) is 77.5 Å². The third-order valence-electron chi connectivity index (χ3n) is 6.23. The first-order chi connectivity index (χ1) is 16.5. The van der Waals surface area contributed by atoms with Crippen LogP contribution in [0.2, 0.25) is 0 Å². The molecule has 8 heteroatoms. The van der Waals surface area contributed by atoms with Crippen molar-refractivity contribution in [2.75, 3.05) is 31.3 Å². The molecule has 2 heterocycles. The first-order valence-corrected chi connectivity index (χ1v) is 10.8. The third-order valence-corrected chi connectivity index (χ3v) is 6.23. The molecule has 0 bridgehead atoms. The Morgan fingerprint density at radius 1 is 0.647 bits per heavy atom. The van der Waals surface area contributed by atoms with Crippen LogP contribution in [0.5, 0.6) is 17.2 Å². The van der Waals surface area contributed by atoms with Crippen LogP contribution in [0.3, 0.4) is 0 Å². The zero-order valence-corrected chi connectivity index (χ0v) is 19.0. The zero-order chi connectivity index (χ0) is 23.8. The zero-order valence-electron chi connectivity index (χ0n) is 19.0. The van der Waals surface area contributed by atoms with Gasteiger partial charge in [0.05, 0.1) is 38.7 Å². The Morgan fingerprint density at radius 3 is 1.62 bits per heavy atom. The van der Waals surface area contributed by atoms with Gasteiger partial charge < -0.3 is 14.2 Å². The van der Waals surface area contributed by atoms with Crippen LogP contribution in [0.15, 0.2) is 72.8 Å². The van der Waals surface area contributed by atoms with Crippen LogP contribution in [0.4, 0.5) is 11.4 Å². The molecule has 3 atom stereocenters. The van der Waals surface area contributed by atoms with E-state index in [-0.39, 0.29) is 5.91 Å². The second-order valence-corrected chi connectivity index (χ2v) is 8.00. The fourth-order valence-corrected chi connectivity index (χ4v) is 4.49. The van der Waals surface area contributed by atoms with E-state index >= 15 is 0 Å². The molecule has 8 nitrogen and oxygen atoms in total. The highest BCUT2D eigenvalue weighted by molar-refractivity contribution is 6.23. The minimum Gasteiger partial charge on any atom is -0.497 e. The van der Waals surface area contributed by atoms with E-state index < -0.39 is 24.0 Å². The highest BCUT2D eigenvalue weighted by Gasteiger charge is 2.60. The SMILES string of the molecule is COc1ccc([C@@H]2[C@H]3C(=O)N(c4ccc(OC)cc4)C(=O)[C@H]3ON2c2ccc(OC)cc2)cc1. The molecule has 0 aromatic heterocycles. The van der Waals surface area contributed by atoms with Crippen molar-refractivity contribution in [1.29, 1.82) is 0 Å². The molecule has 2 fully saturated rings. The van der Waals surface area contributed by atoms with Gasteiger partial charge in [-0.05, 0) is 66.2 Å². The molecular weight excluding hydrogens is 436 g/mol. The number of benzene rings is 3. The van der Waals surface area contributed by atoms with E-state index in [2.05, 4.69) is 0 Å². The molecule has 2 aliphatic rings. The van der Waals surface area contributed by atoms with Crippen molar-refractivity contribution in [2.45, 2.75) is 12.1 Å². The average molecular weight is 460 g/mol. The fraction of sp³-hybridized carbons (Fsp3) is 0.231. The van der Waals surface area contributed by atoms with Crippen LogP contribution in [0, 0.1) is 5.92 Å². The summed E-state index contributed by atoms with van der Waals surface area (Å²) in [7, 11) is 4.75. The lowest BCUT2D eigenvalue weighted by atomic mass is 9.90. The van der Waals surface area contributed by atoms with Crippen molar-refractivity contribution < 1.29 is 28.6 Å². The molecule has 0 radical (unpaired) electrons. The number of methoxy groups -OCH3 is 3. The summed E-state index contributed by atoms with van der Waals surface area (Å²) in [6.45, 7) is 0. The van der Waals surface area contributed by atoms with Crippen molar-refractivity contribution in [1.82, 2.24) is 0 Å². The molecule has 0 N–H and O–H groups in total. The average Bonchev–Trinajstić information content (AvgIpc) is 3.40. The molecule has 2 aliphatic heterocycles. The number of hydrogen-bond donors (Lipinski definition) is 0. The Labute approximate surface area is 197 Å². The lowest BCUT2D eigenvalue weighted by molar-refractivity contribution is -0.126. The van der Waals surface area contributed by atoms with Crippen molar-refractivity contribution in [3.8, 4) is 17.2 Å². The summed E-state index contributed by atoms with van der Waals surface area (Å²) in [5, 5.41) is 1.65. The van der Waals surface area contributed by atoms with E-state index in [0.29, 0.717) is 28.6 Å². The molecule has 2 saturated heterocycles. The van der Waals surface area contributed by atoms with Crippen LogP contribution < -0.4 is 24.2 Å². The number of hydrogen-bond acceptors (Lipinski definition) is 7. The summed E-state index contributed by atoms with van der Waals surface area (Å²) < 4.78 is 15.7. The van der Waals surface area contributed by atoms with E-state index in [1.165, 1.54) is 4.90 Å². The predicted molar refractivity (Wildman–Crippen MR) is 125 cm³/mol. The molecule has 0 spiro atoms. The predicted octanol–water partition coefficient (Wildman–Crippen LogP) is 3.76. The summed E-state index contributed by atoms with van der Waals surface area (Å²) in [5.41, 5.74) is 2.03. The van der Waals surface area contributed by atoms with Crippen LogP contribution >= 0.6 is 0 Å². The molecule has 174 valence electrons. The van der Waals surface area contributed by atoms with Gasteiger partial charge >= 0.3 is 0 Å². The molecule has 0 saturated carbocycles. The number of hydroxylamine groups is 1. The monoisotopic (exact) mass is 460 g/mol. The molecule has 5 rings (SSSR count). The maximum Gasteiger partial charge on any atom is 0.266 e. The highest BCUT2D eigenvalue weighted by Crippen LogP contribution is 2.48. The van der Waals surface area contributed by atoms with E-state index in [9.17, 15) is 9.59 Å². The number of fused-ring (bicyclic) bond motifs is 1. The van der Waals surface area contributed by atoms with Gasteiger partial charge in [0.25, 0.3) is 5.91 Å². The summed E-state index contributed by atoms with van der Waals surface area (Å²) in [6, 6.07) is 21.1. The number of carbonyl (C=O) groups excluding carboxylic acids is 2. The normalized spacial score (nSPS) is 21.6.